The van der Waals surface area contributed by atoms with Gasteiger partial charge in [-0.1, -0.05) is 48.5 Å². The van der Waals surface area contributed by atoms with Gasteiger partial charge in [-0.3, -0.25) is 9.59 Å². The molecule has 0 radical (unpaired) electrons. The Morgan fingerprint density at radius 3 is 2.20 bits per heavy atom. The molecule has 0 fully saturated rings. The molecule has 0 spiro atoms. The first-order chi connectivity index (χ1) is 16.4. The van der Waals surface area contributed by atoms with Crippen LogP contribution in [-0.4, -0.2) is 48.3 Å². The summed E-state index contributed by atoms with van der Waals surface area (Å²) in [6.45, 7) is 1.63. The summed E-state index contributed by atoms with van der Waals surface area (Å²) in [5, 5.41) is 12.8. The molecule has 0 aliphatic carbocycles. The predicted octanol–water partition coefficient (Wildman–Crippen LogP) is 3.29. The fourth-order valence-corrected chi connectivity index (χ4v) is 2.62. The normalized spacial score (nSPS) is 12.6. The van der Waals surface area contributed by atoms with Crippen LogP contribution in [0.2, 0.25) is 0 Å². The number of aryl methyl sites for hydroxylation is 1. The van der Waals surface area contributed by atoms with Gasteiger partial charge in [-0.05, 0) is 37.5 Å². The summed E-state index contributed by atoms with van der Waals surface area (Å²) in [7, 11) is 1.55. The van der Waals surface area contributed by atoms with E-state index in [1.165, 1.54) is 6.08 Å². The van der Waals surface area contributed by atoms with Crippen molar-refractivity contribution in [2.75, 3.05) is 12.4 Å². The minimum absolute atomic E-state index is 0.257. The second-order valence-electron chi connectivity index (χ2n) is 7.28. The summed E-state index contributed by atoms with van der Waals surface area (Å²) in [6, 6.07) is 16.2. The molecule has 0 bridgehead atoms. The molecule has 2 aromatic rings. The van der Waals surface area contributed by atoms with E-state index in [0.717, 1.165) is 12.0 Å². The van der Waals surface area contributed by atoms with Crippen LogP contribution < -0.4 is 21.1 Å². The van der Waals surface area contributed by atoms with E-state index in [4.69, 9.17) is 20.4 Å². The Bertz CT molecular complexity index is 995. The molecule has 0 aliphatic rings. The Labute approximate surface area is 201 Å². The number of carbonyl (C=O) groups excluding carboxylic acids is 2. The van der Waals surface area contributed by atoms with E-state index in [1.54, 1.807) is 32.2 Å². The van der Waals surface area contributed by atoms with Crippen molar-refractivity contribution in [2.24, 2.45) is 5.73 Å². The van der Waals surface area contributed by atoms with Gasteiger partial charge >= 0.3 is 12.1 Å². The van der Waals surface area contributed by atoms with E-state index in [-0.39, 0.29) is 17.9 Å². The molecular weight excluding hydrogens is 467 g/mol. The van der Waals surface area contributed by atoms with Crippen LogP contribution in [-0.2, 0) is 20.8 Å². The highest BCUT2D eigenvalue weighted by Crippen LogP contribution is 2.22. The average molecular weight is 495 g/mol. The number of hydrogen-bond donors (Lipinski definition) is 4. The average Bonchev–Trinajstić information content (AvgIpc) is 2.81. The summed E-state index contributed by atoms with van der Waals surface area (Å²) in [5.41, 5.74) is 7.40. The zero-order valence-electron chi connectivity index (χ0n) is 19.2. The molecule has 5 N–H and O–H groups in total. The van der Waals surface area contributed by atoms with Gasteiger partial charge in [0.25, 0.3) is 0 Å². The molecule has 0 aromatic heterocycles. The standard InChI is InChI=1S/C22H27N3O3.C2HF3O2/c1-16(23)22(27)24-18(13-12-17-8-4-3-5-9-17)14-15-21(26)25-19-10-6-7-11-20(19)28-2;3-2(4,5)1(6)7/h3-11,14-16,18H,12-13,23H2,1-2H3,(H,24,27)(H,25,26);(H,6,7)/t16-,18-;/m0./s1. The number of amides is 2. The molecule has 11 heteroatoms. The maximum atomic E-state index is 12.3. The number of carbonyl (C=O) groups is 3. The van der Waals surface area contributed by atoms with E-state index in [2.05, 4.69) is 10.6 Å². The van der Waals surface area contributed by atoms with E-state index in [9.17, 15) is 22.8 Å². The molecule has 2 amide bonds. The number of benzene rings is 2. The lowest BCUT2D eigenvalue weighted by molar-refractivity contribution is -0.192. The number of nitrogens with one attached hydrogen (secondary N) is 2. The highest BCUT2D eigenvalue weighted by atomic mass is 19.4. The second kappa shape index (κ2) is 14.4. The molecule has 0 aliphatic heterocycles. The third-order valence-corrected chi connectivity index (χ3v) is 4.42. The van der Waals surface area contributed by atoms with Crippen molar-refractivity contribution >= 4 is 23.5 Å². The number of hydrogen-bond acceptors (Lipinski definition) is 5. The van der Waals surface area contributed by atoms with E-state index >= 15 is 0 Å². The van der Waals surface area contributed by atoms with Crippen LogP contribution in [0.4, 0.5) is 18.9 Å². The summed E-state index contributed by atoms with van der Waals surface area (Å²) >= 11 is 0. The molecular formula is C24H28F3N3O5. The second-order valence-corrected chi connectivity index (χ2v) is 7.28. The molecule has 2 rings (SSSR count). The van der Waals surface area contributed by atoms with Crippen LogP contribution in [0.5, 0.6) is 5.75 Å². The number of para-hydroxylation sites is 2. The lowest BCUT2D eigenvalue weighted by Crippen LogP contribution is -2.43. The van der Waals surface area contributed by atoms with Crippen molar-refractivity contribution in [1.29, 1.82) is 0 Å². The highest BCUT2D eigenvalue weighted by molar-refractivity contribution is 6.00. The van der Waals surface area contributed by atoms with Crippen molar-refractivity contribution < 1.29 is 37.4 Å². The van der Waals surface area contributed by atoms with E-state index in [1.807, 2.05) is 42.5 Å². The quantitative estimate of drug-likeness (QED) is 0.395. The first kappa shape index (κ1) is 29.2. The van der Waals surface area contributed by atoms with Crippen molar-refractivity contribution in [3.63, 3.8) is 0 Å². The lowest BCUT2D eigenvalue weighted by Gasteiger charge is -2.17. The fraction of sp³-hybridized carbons (Fsp3) is 0.292. The molecule has 35 heavy (non-hydrogen) atoms. The highest BCUT2D eigenvalue weighted by Gasteiger charge is 2.38. The number of ether oxygens (including phenoxy) is 1. The Morgan fingerprint density at radius 2 is 1.66 bits per heavy atom. The number of aliphatic carboxylic acids is 1. The molecule has 190 valence electrons. The number of nitrogens with two attached hydrogens (primary N) is 1. The largest absolute Gasteiger partial charge is 0.495 e. The number of halogens is 3. The van der Waals surface area contributed by atoms with Gasteiger partial charge in [0, 0.05) is 12.1 Å². The topological polar surface area (TPSA) is 131 Å². The maximum absolute atomic E-state index is 12.3. The van der Waals surface area contributed by atoms with Gasteiger partial charge in [0.05, 0.1) is 18.8 Å². The van der Waals surface area contributed by atoms with Gasteiger partial charge in [-0.25, -0.2) is 4.79 Å². The van der Waals surface area contributed by atoms with Gasteiger partial charge in [0.2, 0.25) is 11.8 Å². The van der Waals surface area contributed by atoms with Gasteiger partial charge in [-0.15, -0.1) is 0 Å². The van der Waals surface area contributed by atoms with Crippen LogP contribution in [0.15, 0.2) is 66.7 Å². The third kappa shape index (κ3) is 11.7. The summed E-state index contributed by atoms with van der Waals surface area (Å²) < 4.78 is 37.0. The molecule has 0 saturated carbocycles. The summed E-state index contributed by atoms with van der Waals surface area (Å²) in [5.74, 6) is -2.74. The summed E-state index contributed by atoms with van der Waals surface area (Å²) in [6.07, 6.45) is -0.554. The number of alkyl halides is 3. The Morgan fingerprint density at radius 1 is 1.09 bits per heavy atom. The Kier molecular flexibility index (Phi) is 12.0. The minimum atomic E-state index is -5.08. The van der Waals surface area contributed by atoms with Gasteiger partial charge in [0.15, 0.2) is 0 Å². The van der Waals surface area contributed by atoms with E-state index < -0.39 is 18.2 Å². The number of anilines is 1. The van der Waals surface area contributed by atoms with Crippen molar-refractivity contribution in [2.45, 2.75) is 38.0 Å². The molecule has 0 saturated heterocycles. The number of methoxy groups -OCH3 is 1. The monoisotopic (exact) mass is 495 g/mol. The fourth-order valence-electron chi connectivity index (χ4n) is 2.62. The molecule has 2 aromatic carbocycles. The van der Waals surface area contributed by atoms with Crippen molar-refractivity contribution in [3.05, 3.63) is 72.3 Å². The number of rotatable bonds is 9. The van der Waals surface area contributed by atoms with Crippen LogP contribution in [0.3, 0.4) is 0 Å². The first-order valence-corrected chi connectivity index (χ1v) is 10.5. The Balaban J connectivity index is 0.000000762. The van der Waals surface area contributed by atoms with Crippen LogP contribution in [0.25, 0.3) is 0 Å². The third-order valence-electron chi connectivity index (χ3n) is 4.42. The lowest BCUT2D eigenvalue weighted by atomic mass is 10.0. The first-order valence-electron chi connectivity index (χ1n) is 10.5. The van der Waals surface area contributed by atoms with Crippen LogP contribution >= 0.6 is 0 Å². The van der Waals surface area contributed by atoms with E-state index in [0.29, 0.717) is 17.9 Å². The van der Waals surface area contributed by atoms with Gasteiger partial charge < -0.3 is 26.2 Å². The molecule has 8 nitrogen and oxygen atoms in total. The minimum Gasteiger partial charge on any atom is -0.495 e. The van der Waals surface area contributed by atoms with Gasteiger partial charge in [-0.2, -0.15) is 13.2 Å². The zero-order valence-corrected chi connectivity index (χ0v) is 19.2. The van der Waals surface area contributed by atoms with Crippen molar-refractivity contribution in [3.8, 4) is 5.75 Å². The van der Waals surface area contributed by atoms with Crippen molar-refractivity contribution in [1.82, 2.24) is 5.32 Å². The molecule has 2 atom stereocenters. The summed E-state index contributed by atoms with van der Waals surface area (Å²) in [4.78, 5) is 33.2. The van der Waals surface area contributed by atoms with Crippen LogP contribution in [0.1, 0.15) is 18.9 Å². The predicted molar refractivity (Wildman–Crippen MR) is 125 cm³/mol. The number of carboxylic acid groups (broad SMARTS) is 1. The zero-order chi connectivity index (χ0) is 26.4. The van der Waals surface area contributed by atoms with Gasteiger partial charge in [0.1, 0.15) is 5.75 Å². The molecule has 0 heterocycles. The van der Waals surface area contributed by atoms with Crippen LogP contribution in [0, 0.1) is 0 Å². The maximum Gasteiger partial charge on any atom is 0.490 e. The molecule has 0 unspecified atom stereocenters. The smallest absolute Gasteiger partial charge is 0.490 e. The number of carboxylic acids is 1. The SMILES string of the molecule is COc1ccccc1NC(=O)C=C[C@H](CCc1ccccc1)NC(=O)[C@H](C)N.O=C(O)C(F)(F)F. The Hall–Kier alpha value is -3.86.